The van der Waals surface area contributed by atoms with Gasteiger partial charge in [-0.3, -0.25) is 4.98 Å². The van der Waals surface area contributed by atoms with E-state index in [9.17, 15) is 5.11 Å². The van der Waals surface area contributed by atoms with Crippen molar-refractivity contribution < 1.29 is 5.11 Å². The zero-order valence-corrected chi connectivity index (χ0v) is 11.4. The first kappa shape index (κ1) is 13.0. The maximum absolute atomic E-state index is 10.4. The monoisotopic (exact) mass is 243 g/mol. The molecule has 0 spiro atoms. The molecule has 0 saturated carbocycles. The van der Waals surface area contributed by atoms with Crippen LogP contribution in [0.5, 0.6) is 0 Å². The van der Waals surface area contributed by atoms with Crippen molar-refractivity contribution in [2.45, 2.75) is 39.7 Å². The summed E-state index contributed by atoms with van der Waals surface area (Å²) in [6, 6.07) is 8.00. The number of pyridine rings is 1. The number of benzene rings is 1. The number of hydrogen-bond acceptors (Lipinski definition) is 2. The van der Waals surface area contributed by atoms with E-state index in [1.807, 2.05) is 30.5 Å². The van der Waals surface area contributed by atoms with E-state index in [4.69, 9.17) is 0 Å². The summed E-state index contributed by atoms with van der Waals surface area (Å²) in [5.41, 5.74) is 1.27. The van der Waals surface area contributed by atoms with Crippen LogP contribution >= 0.6 is 0 Å². The Bertz CT molecular complexity index is 523. The van der Waals surface area contributed by atoms with Crippen LogP contribution in [0.1, 0.15) is 45.3 Å². The molecule has 1 aromatic heterocycles. The summed E-state index contributed by atoms with van der Waals surface area (Å²) in [5, 5.41) is 12.6. The highest BCUT2D eigenvalue weighted by molar-refractivity contribution is 5.85. The minimum Gasteiger partial charge on any atom is -0.388 e. The third-order valence-electron chi connectivity index (χ3n) is 3.24. The second-order valence-electron chi connectivity index (χ2n) is 6.06. The second-order valence-corrected chi connectivity index (χ2v) is 6.06. The van der Waals surface area contributed by atoms with Crippen molar-refractivity contribution in [3.8, 4) is 0 Å². The lowest BCUT2D eigenvalue weighted by Gasteiger charge is -2.21. The largest absolute Gasteiger partial charge is 0.388 e. The van der Waals surface area contributed by atoms with Gasteiger partial charge >= 0.3 is 0 Å². The van der Waals surface area contributed by atoms with E-state index in [1.54, 1.807) is 6.20 Å². The van der Waals surface area contributed by atoms with Crippen molar-refractivity contribution in [2.75, 3.05) is 0 Å². The highest BCUT2D eigenvalue weighted by Crippen LogP contribution is 2.30. The molecule has 2 rings (SSSR count). The first-order valence-electron chi connectivity index (χ1n) is 6.48. The number of nitrogens with zero attached hydrogens (tertiary/aromatic N) is 1. The molecule has 1 atom stereocenters. The minimum atomic E-state index is -0.393. The number of rotatable bonds is 3. The van der Waals surface area contributed by atoms with E-state index in [1.165, 1.54) is 0 Å². The molecule has 2 heteroatoms. The molecule has 1 heterocycles. The summed E-state index contributed by atoms with van der Waals surface area (Å²) >= 11 is 0. The average molecular weight is 243 g/mol. The number of aliphatic hydroxyl groups excluding tert-OH is 1. The molecule has 1 aromatic carbocycles. The van der Waals surface area contributed by atoms with Crippen LogP contribution in [0.2, 0.25) is 0 Å². The van der Waals surface area contributed by atoms with Crippen molar-refractivity contribution in [3.63, 3.8) is 0 Å². The first-order chi connectivity index (χ1) is 8.47. The summed E-state index contributed by atoms with van der Waals surface area (Å²) in [7, 11) is 0. The Morgan fingerprint density at radius 1 is 1.22 bits per heavy atom. The molecule has 0 aliphatic rings. The number of aromatic nitrogens is 1. The van der Waals surface area contributed by atoms with Gasteiger partial charge in [0.15, 0.2) is 0 Å². The Balaban J connectivity index is 2.25. The van der Waals surface area contributed by atoms with Crippen molar-refractivity contribution in [3.05, 3.63) is 42.2 Å². The number of hydrogen-bond donors (Lipinski definition) is 1. The molecular formula is C16H21NO. The van der Waals surface area contributed by atoms with Crippen LogP contribution in [0.4, 0.5) is 0 Å². The molecule has 0 radical (unpaired) electrons. The average Bonchev–Trinajstić information content (AvgIpc) is 2.34. The third kappa shape index (κ3) is 3.08. The summed E-state index contributed by atoms with van der Waals surface area (Å²) in [6.07, 6.45) is 5.04. The lowest BCUT2D eigenvalue weighted by Crippen LogP contribution is -2.08. The smallest absolute Gasteiger partial charge is 0.0796 e. The molecule has 18 heavy (non-hydrogen) atoms. The van der Waals surface area contributed by atoms with E-state index >= 15 is 0 Å². The van der Waals surface area contributed by atoms with Gasteiger partial charge in [-0.2, -0.15) is 0 Å². The van der Waals surface area contributed by atoms with Crippen LogP contribution in [-0.4, -0.2) is 10.1 Å². The summed E-state index contributed by atoms with van der Waals surface area (Å²) in [4.78, 5) is 4.12. The Labute approximate surface area is 109 Å². The fourth-order valence-electron chi connectivity index (χ4n) is 2.16. The molecule has 1 unspecified atom stereocenters. The Hall–Kier alpha value is -1.41. The van der Waals surface area contributed by atoms with Crippen LogP contribution in [0.25, 0.3) is 10.8 Å². The molecule has 1 N–H and O–H groups in total. The molecule has 0 saturated heterocycles. The number of aliphatic hydroxyl groups is 1. The maximum atomic E-state index is 10.4. The van der Waals surface area contributed by atoms with Crippen LogP contribution in [-0.2, 0) is 0 Å². The predicted octanol–water partition coefficient (Wildman–Crippen LogP) is 4.09. The minimum absolute atomic E-state index is 0.257. The van der Waals surface area contributed by atoms with Gasteiger partial charge < -0.3 is 5.11 Å². The normalized spacial score (nSPS) is 13.8. The molecule has 0 aliphatic heterocycles. The zero-order chi connectivity index (χ0) is 13.2. The highest BCUT2D eigenvalue weighted by atomic mass is 16.3. The summed E-state index contributed by atoms with van der Waals surface area (Å²) < 4.78 is 0. The van der Waals surface area contributed by atoms with E-state index in [0.29, 0.717) is 0 Å². The lowest BCUT2D eigenvalue weighted by molar-refractivity contribution is 0.149. The second kappa shape index (κ2) is 5.07. The standard InChI is InChI=1S/C16H21NO/c1-16(2,3)9-7-15(18)14-6-4-5-12-11-17-10-8-13(12)14/h4-6,8,10-11,15,18H,7,9H2,1-3H3. The van der Waals surface area contributed by atoms with Crippen LogP contribution in [0.15, 0.2) is 36.7 Å². The van der Waals surface area contributed by atoms with E-state index < -0.39 is 6.10 Å². The van der Waals surface area contributed by atoms with Gasteiger partial charge in [0.1, 0.15) is 0 Å². The topological polar surface area (TPSA) is 33.1 Å². The van der Waals surface area contributed by atoms with Crippen molar-refractivity contribution in [1.82, 2.24) is 4.98 Å². The van der Waals surface area contributed by atoms with E-state index in [-0.39, 0.29) is 5.41 Å². The van der Waals surface area contributed by atoms with Crippen LogP contribution in [0, 0.1) is 5.41 Å². The molecule has 96 valence electrons. The van der Waals surface area contributed by atoms with Gasteiger partial charge in [-0.05, 0) is 35.3 Å². The molecule has 0 bridgehead atoms. The van der Waals surface area contributed by atoms with Gasteiger partial charge in [0, 0.05) is 17.8 Å². The number of fused-ring (bicyclic) bond motifs is 1. The van der Waals surface area contributed by atoms with Gasteiger partial charge in [-0.15, -0.1) is 0 Å². The Morgan fingerprint density at radius 2 is 2.00 bits per heavy atom. The SMILES string of the molecule is CC(C)(C)CCC(O)c1cccc2cnccc12. The fraction of sp³-hybridized carbons (Fsp3) is 0.438. The van der Waals surface area contributed by atoms with Crippen LogP contribution < -0.4 is 0 Å². The van der Waals surface area contributed by atoms with E-state index in [0.717, 1.165) is 29.2 Å². The quantitative estimate of drug-likeness (QED) is 0.880. The van der Waals surface area contributed by atoms with Crippen molar-refractivity contribution in [1.29, 1.82) is 0 Å². The van der Waals surface area contributed by atoms with Crippen LogP contribution in [0.3, 0.4) is 0 Å². The molecule has 0 aliphatic carbocycles. The van der Waals surface area contributed by atoms with Gasteiger partial charge in [-0.1, -0.05) is 39.0 Å². The fourth-order valence-corrected chi connectivity index (χ4v) is 2.16. The van der Waals surface area contributed by atoms with Crippen molar-refractivity contribution in [2.24, 2.45) is 5.41 Å². The van der Waals surface area contributed by atoms with Gasteiger partial charge in [-0.25, -0.2) is 0 Å². The van der Waals surface area contributed by atoms with E-state index in [2.05, 4.69) is 25.8 Å². The lowest BCUT2D eigenvalue weighted by atomic mass is 9.87. The van der Waals surface area contributed by atoms with Gasteiger partial charge in [0.05, 0.1) is 6.10 Å². The molecule has 0 amide bonds. The highest BCUT2D eigenvalue weighted by Gasteiger charge is 2.16. The first-order valence-corrected chi connectivity index (χ1v) is 6.48. The molecule has 2 nitrogen and oxygen atoms in total. The predicted molar refractivity (Wildman–Crippen MR) is 75.4 cm³/mol. The van der Waals surface area contributed by atoms with Gasteiger partial charge in [0.2, 0.25) is 0 Å². The maximum Gasteiger partial charge on any atom is 0.0796 e. The Kier molecular flexibility index (Phi) is 3.67. The third-order valence-corrected chi connectivity index (χ3v) is 3.24. The zero-order valence-electron chi connectivity index (χ0n) is 11.4. The molecule has 2 aromatic rings. The summed E-state index contributed by atoms with van der Waals surface area (Å²) in [6.45, 7) is 6.60. The van der Waals surface area contributed by atoms with Gasteiger partial charge in [0.25, 0.3) is 0 Å². The molecular weight excluding hydrogens is 222 g/mol. The summed E-state index contributed by atoms with van der Waals surface area (Å²) in [5.74, 6) is 0. The molecule has 0 fully saturated rings. The Morgan fingerprint density at radius 3 is 2.72 bits per heavy atom. The van der Waals surface area contributed by atoms with Crippen molar-refractivity contribution >= 4 is 10.8 Å².